The number of hydrogen-bond acceptors (Lipinski definition) is 6. The van der Waals surface area contributed by atoms with Gasteiger partial charge in [0.05, 0.1) is 13.6 Å². The molecular formula is C25H27N4O4+. The third-order valence-corrected chi connectivity index (χ3v) is 5.96. The Balaban J connectivity index is 1.45. The number of amides is 1. The molecular weight excluding hydrogens is 420 g/mol. The van der Waals surface area contributed by atoms with Crippen molar-refractivity contribution < 1.29 is 23.9 Å². The van der Waals surface area contributed by atoms with E-state index in [4.69, 9.17) is 4.74 Å². The summed E-state index contributed by atoms with van der Waals surface area (Å²) in [5, 5.41) is 14.3. The molecule has 0 bridgehead atoms. The van der Waals surface area contributed by atoms with Crippen molar-refractivity contribution in [3.63, 3.8) is 0 Å². The fraction of sp³-hybridized carbons (Fsp3) is 0.280. The maximum atomic E-state index is 13.3. The van der Waals surface area contributed by atoms with Gasteiger partial charge in [-0.15, -0.1) is 0 Å². The van der Waals surface area contributed by atoms with Crippen molar-refractivity contribution in [1.29, 1.82) is 0 Å². The van der Waals surface area contributed by atoms with Gasteiger partial charge in [-0.05, 0) is 17.2 Å². The van der Waals surface area contributed by atoms with E-state index in [1.807, 2.05) is 19.2 Å². The fourth-order valence-corrected chi connectivity index (χ4v) is 4.26. The number of likely N-dealkylation sites (tertiary alicyclic amines) is 1. The predicted octanol–water partition coefficient (Wildman–Crippen LogP) is 2.11. The molecule has 1 aliphatic heterocycles. The van der Waals surface area contributed by atoms with Gasteiger partial charge in [0.2, 0.25) is 5.60 Å². The minimum Gasteiger partial charge on any atom is -0.453 e. The third kappa shape index (κ3) is 5.08. The second-order valence-electron chi connectivity index (χ2n) is 8.59. The van der Waals surface area contributed by atoms with Gasteiger partial charge in [0.25, 0.3) is 5.91 Å². The van der Waals surface area contributed by atoms with E-state index in [0.29, 0.717) is 40.9 Å². The standard InChI is InChI=1S/C25H26N4O4/c1-29(17-23(30)28-22-12-14-26-18-27-22)15-13-21(16-29)33-24(31)25(32,19-8-4-2-5-9-19)20-10-6-3-7-11-20/h2-12,14,18,21,32H,13,15-17H2,1H3/p+1/t21?,29-/m1/s1. The molecule has 1 aromatic heterocycles. The lowest BCUT2D eigenvalue weighted by atomic mass is 9.86. The zero-order valence-electron chi connectivity index (χ0n) is 18.4. The van der Waals surface area contributed by atoms with Crippen molar-refractivity contribution in [3.05, 3.63) is 90.4 Å². The molecule has 8 nitrogen and oxygen atoms in total. The number of aromatic nitrogens is 2. The lowest BCUT2D eigenvalue weighted by molar-refractivity contribution is -0.890. The van der Waals surface area contributed by atoms with Gasteiger partial charge in [-0.3, -0.25) is 4.79 Å². The van der Waals surface area contributed by atoms with Crippen LogP contribution in [0.5, 0.6) is 0 Å². The van der Waals surface area contributed by atoms with Crippen LogP contribution in [-0.4, -0.2) is 64.2 Å². The van der Waals surface area contributed by atoms with Gasteiger partial charge >= 0.3 is 5.97 Å². The number of carbonyl (C=O) groups is 2. The van der Waals surface area contributed by atoms with Crippen molar-refractivity contribution in [3.8, 4) is 0 Å². The molecule has 170 valence electrons. The predicted molar refractivity (Wildman–Crippen MR) is 122 cm³/mol. The lowest BCUT2D eigenvalue weighted by Crippen LogP contribution is -2.48. The van der Waals surface area contributed by atoms with E-state index in [-0.39, 0.29) is 12.5 Å². The van der Waals surface area contributed by atoms with Crippen LogP contribution in [0.25, 0.3) is 0 Å². The van der Waals surface area contributed by atoms with E-state index < -0.39 is 17.7 Å². The SMILES string of the molecule is C[N@@+]1(CC(=O)Nc2ccncn2)CCC(OC(=O)C(O)(c2ccccc2)c2ccccc2)C1. The molecule has 0 radical (unpaired) electrons. The number of benzene rings is 2. The molecule has 33 heavy (non-hydrogen) atoms. The van der Waals surface area contributed by atoms with Crippen molar-refractivity contribution in [1.82, 2.24) is 9.97 Å². The smallest absolute Gasteiger partial charge is 0.348 e. The number of aliphatic hydroxyl groups is 1. The molecule has 0 aliphatic carbocycles. The highest BCUT2D eigenvalue weighted by molar-refractivity contribution is 5.90. The number of rotatable bonds is 7. The van der Waals surface area contributed by atoms with Gasteiger partial charge in [-0.2, -0.15) is 0 Å². The van der Waals surface area contributed by atoms with Crippen LogP contribution in [0.15, 0.2) is 79.3 Å². The minimum absolute atomic E-state index is 0.173. The summed E-state index contributed by atoms with van der Waals surface area (Å²) in [4.78, 5) is 33.7. The Bertz CT molecular complexity index is 1060. The van der Waals surface area contributed by atoms with Gasteiger partial charge < -0.3 is 19.6 Å². The summed E-state index contributed by atoms with van der Waals surface area (Å²) in [6, 6.07) is 19.2. The highest BCUT2D eigenvalue weighted by Gasteiger charge is 2.45. The number of anilines is 1. The van der Waals surface area contributed by atoms with Crippen molar-refractivity contribution in [2.45, 2.75) is 18.1 Å². The van der Waals surface area contributed by atoms with Gasteiger partial charge in [-0.25, -0.2) is 14.8 Å². The molecule has 8 heteroatoms. The molecule has 0 spiro atoms. The normalized spacial score (nSPS) is 20.2. The zero-order chi connectivity index (χ0) is 23.3. The van der Waals surface area contributed by atoms with Crippen molar-refractivity contribution in [2.24, 2.45) is 0 Å². The number of carbonyl (C=O) groups excluding carboxylic acids is 2. The topological polar surface area (TPSA) is 101 Å². The van der Waals surface area contributed by atoms with Crippen molar-refractivity contribution in [2.75, 3.05) is 32.0 Å². The number of nitrogens with zero attached hydrogens (tertiary/aromatic N) is 3. The number of likely N-dealkylation sites (N-methyl/N-ethyl adjacent to an activating group) is 1. The number of nitrogens with one attached hydrogen (secondary N) is 1. The van der Waals surface area contributed by atoms with Crippen LogP contribution in [0.3, 0.4) is 0 Å². The number of hydrogen-bond donors (Lipinski definition) is 2. The Hall–Kier alpha value is -3.62. The Morgan fingerprint density at radius 2 is 1.73 bits per heavy atom. The summed E-state index contributed by atoms with van der Waals surface area (Å²) >= 11 is 0. The maximum absolute atomic E-state index is 13.3. The van der Waals surface area contributed by atoms with Gasteiger partial charge in [0.15, 0.2) is 12.6 Å². The third-order valence-electron chi connectivity index (χ3n) is 5.96. The monoisotopic (exact) mass is 447 g/mol. The van der Waals surface area contributed by atoms with Crippen LogP contribution in [0.1, 0.15) is 17.5 Å². The first kappa shape index (κ1) is 22.6. The van der Waals surface area contributed by atoms with Crippen LogP contribution in [-0.2, 0) is 19.9 Å². The van der Waals surface area contributed by atoms with Gasteiger partial charge in [0.1, 0.15) is 18.7 Å². The molecule has 3 aromatic rings. The van der Waals surface area contributed by atoms with E-state index in [1.165, 1.54) is 6.33 Å². The van der Waals surface area contributed by atoms with Crippen LogP contribution >= 0.6 is 0 Å². The van der Waals surface area contributed by atoms with E-state index in [1.54, 1.807) is 60.8 Å². The largest absolute Gasteiger partial charge is 0.453 e. The highest BCUT2D eigenvalue weighted by atomic mass is 16.6. The van der Waals surface area contributed by atoms with Gasteiger partial charge in [0, 0.05) is 12.6 Å². The quantitative estimate of drug-likeness (QED) is 0.425. The van der Waals surface area contributed by atoms with Gasteiger partial charge in [-0.1, -0.05) is 60.7 Å². The summed E-state index contributed by atoms with van der Waals surface area (Å²) in [7, 11) is 1.95. The van der Waals surface area contributed by atoms with Crippen LogP contribution < -0.4 is 5.32 Å². The van der Waals surface area contributed by atoms with Crippen molar-refractivity contribution >= 4 is 17.7 Å². The molecule has 0 saturated carbocycles. The molecule has 1 aliphatic rings. The van der Waals surface area contributed by atoms with Crippen LogP contribution in [0, 0.1) is 0 Å². The minimum atomic E-state index is -1.92. The average molecular weight is 448 g/mol. The Labute approximate surface area is 192 Å². The summed E-state index contributed by atoms with van der Waals surface area (Å²) in [6.45, 7) is 1.37. The number of esters is 1. The summed E-state index contributed by atoms with van der Waals surface area (Å²) in [6.07, 6.45) is 3.12. The van der Waals surface area contributed by atoms with E-state index >= 15 is 0 Å². The molecule has 2 heterocycles. The first-order chi connectivity index (χ1) is 15.9. The maximum Gasteiger partial charge on any atom is 0.348 e. The molecule has 2 atom stereocenters. The molecule has 2 N–H and O–H groups in total. The Morgan fingerprint density at radius 3 is 2.30 bits per heavy atom. The lowest BCUT2D eigenvalue weighted by Gasteiger charge is -2.30. The molecule has 4 rings (SSSR count). The van der Waals surface area contributed by atoms with E-state index in [0.717, 1.165) is 0 Å². The molecule has 1 saturated heterocycles. The fourth-order valence-electron chi connectivity index (χ4n) is 4.26. The molecule has 1 unspecified atom stereocenters. The first-order valence-electron chi connectivity index (χ1n) is 10.8. The summed E-state index contributed by atoms with van der Waals surface area (Å²) in [5.41, 5.74) is -1.03. The zero-order valence-corrected chi connectivity index (χ0v) is 18.4. The summed E-state index contributed by atoms with van der Waals surface area (Å²) in [5.74, 6) is -0.448. The molecule has 1 fully saturated rings. The number of ether oxygens (including phenoxy) is 1. The molecule has 2 aromatic carbocycles. The second-order valence-corrected chi connectivity index (χ2v) is 8.59. The summed E-state index contributed by atoms with van der Waals surface area (Å²) < 4.78 is 6.24. The van der Waals surface area contributed by atoms with Crippen LogP contribution in [0.2, 0.25) is 0 Å². The number of quaternary nitrogens is 1. The Morgan fingerprint density at radius 1 is 1.09 bits per heavy atom. The first-order valence-corrected chi connectivity index (χ1v) is 10.8. The Kier molecular flexibility index (Phi) is 6.48. The van der Waals surface area contributed by atoms with E-state index in [2.05, 4.69) is 15.3 Å². The van der Waals surface area contributed by atoms with Crippen LogP contribution in [0.4, 0.5) is 5.82 Å². The second kappa shape index (κ2) is 9.48. The van der Waals surface area contributed by atoms with E-state index in [9.17, 15) is 14.7 Å². The average Bonchev–Trinajstić information content (AvgIpc) is 3.19. The highest BCUT2D eigenvalue weighted by Crippen LogP contribution is 2.32. The molecule has 1 amide bonds.